The van der Waals surface area contributed by atoms with Gasteiger partial charge in [-0.1, -0.05) is 11.6 Å². The molecule has 6 rings (SSSR count). The molecule has 38 heavy (non-hydrogen) atoms. The molecule has 2 unspecified atom stereocenters. The maximum Gasteiger partial charge on any atom is 0.227 e. The summed E-state index contributed by atoms with van der Waals surface area (Å²) in [6.45, 7) is 1.45. The Morgan fingerprint density at radius 2 is 2.00 bits per heavy atom. The number of aromatic nitrogens is 4. The van der Waals surface area contributed by atoms with Crippen LogP contribution in [0.1, 0.15) is 42.0 Å². The largest absolute Gasteiger partial charge is 0.768 e. The maximum atomic E-state index is 12.2. The van der Waals surface area contributed by atoms with Crippen LogP contribution < -0.4 is 14.4 Å². The predicted octanol–water partition coefficient (Wildman–Crippen LogP) is 4.69. The molecule has 2 aliphatic carbocycles. The number of fused-ring (bicyclic) bond motifs is 3. The second-order valence-electron chi connectivity index (χ2n) is 9.82. The van der Waals surface area contributed by atoms with E-state index in [0.717, 1.165) is 58.9 Å². The van der Waals surface area contributed by atoms with Crippen LogP contribution in [0.25, 0.3) is 10.8 Å². The molecule has 9 nitrogen and oxygen atoms in total. The number of halogens is 1. The second kappa shape index (κ2) is 10.2. The molecule has 1 fully saturated rings. The quantitative estimate of drug-likeness (QED) is 0.217. The summed E-state index contributed by atoms with van der Waals surface area (Å²) in [4.78, 5) is 6.71. The number of ether oxygens (including phenoxy) is 2. The zero-order valence-corrected chi connectivity index (χ0v) is 22.7. The van der Waals surface area contributed by atoms with E-state index in [1.807, 2.05) is 18.2 Å². The second-order valence-corrected chi connectivity index (χ2v) is 11.1. The summed E-state index contributed by atoms with van der Waals surface area (Å²) in [7, 11) is 3.29. The first-order valence-electron chi connectivity index (χ1n) is 12.5. The van der Waals surface area contributed by atoms with Crippen LogP contribution in [0, 0.1) is 5.92 Å². The minimum atomic E-state index is -2.42. The van der Waals surface area contributed by atoms with Crippen molar-refractivity contribution < 1.29 is 18.2 Å². The lowest BCUT2D eigenvalue weighted by Gasteiger charge is -2.27. The standard InChI is InChI=1S/C27H28ClN5O4S/c1-36-18-6-5-17(24(9-18)37-2)14-32(13-16-3-4-16)27-31-30-15-33(27)23-8-7-19-20(23)10-25(38(34)35)21-11-26(28)29-12-22(19)21/h5-6,9-12,15-16,23H,3-4,7-8,13-14H2,1-2H3,(H,34,35)/p-1. The van der Waals surface area contributed by atoms with Crippen molar-refractivity contribution in [2.75, 3.05) is 25.7 Å². The molecule has 0 radical (unpaired) electrons. The third-order valence-electron chi connectivity index (χ3n) is 7.51. The Bertz CT molecular complexity index is 1540. The van der Waals surface area contributed by atoms with Gasteiger partial charge in [0.2, 0.25) is 5.95 Å². The van der Waals surface area contributed by atoms with Crippen LogP contribution in [0.15, 0.2) is 47.8 Å². The summed E-state index contributed by atoms with van der Waals surface area (Å²) in [6.07, 6.45) is 7.40. The average molecular weight is 553 g/mol. The lowest BCUT2D eigenvalue weighted by Crippen LogP contribution is -2.29. The fourth-order valence-electron chi connectivity index (χ4n) is 5.48. The number of nitrogens with zero attached hydrogens (tertiary/aromatic N) is 5. The molecule has 11 heteroatoms. The highest BCUT2D eigenvalue weighted by atomic mass is 35.5. The highest BCUT2D eigenvalue weighted by Gasteiger charge is 2.32. The van der Waals surface area contributed by atoms with Crippen LogP contribution in [0.2, 0.25) is 5.15 Å². The number of benzene rings is 2. The van der Waals surface area contributed by atoms with Crippen LogP contribution in [0.4, 0.5) is 5.95 Å². The molecule has 2 heterocycles. The van der Waals surface area contributed by atoms with Crippen LogP contribution in [-0.4, -0.2) is 49.3 Å². The fourth-order valence-corrected chi connectivity index (χ4v) is 6.20. The lowest BCUT2D eigenvalue weighted by atomic mass is 10.0. The Labute approximate surface area is 228 Å². The van der Waals surface area contributed by atoms with Gasteiger partial charge in [0, 0.05) is 46.6 Å². The van der Waals surface area contributed by atoms with Gasteiger partial charge in [0.05, 0.1) is 20.3 Å². The summed E-state index contributed by atoms with van der Waals surface area (Å²) in [5, 5.41) is 10.5. The Morgan fingerprint density at radius 1 is 1.16 bits per heavy atom. The number of methoxy groups -OCH3 is 2. The first-order chi connectivity index (χ1) is 18.5. The molecule has 0 saturated heterocycles. The van der Waals surface area contributed by atoms with Crippen molar-refractivity contribution in [2.24, 2.45) is 5.92 Å². The van der Waals surface area contributed by atoms with Crippen molar-refractivity contribution in [3.63, 3.8) is 0 Å². The minimum absolute atomic E-state index is 0.100. The molecule has 2 aromatic heterocycles. The minimum Gasteiger partial charge on any atom is -0.768 e. The third kappa shape index (κ3) is 4.61. The van der Waals surface area contributed by atoms with E-state index in [9.17, 15) is 8.76 Å². The molecule has 2 aliphatic rings. The lowest BCUT2D eigenvalue weighted by molar-refractivity contribution is 0.390. The van der Waals surface area contributed by atoms with Gasteiger partial charge in [0.15, 0.2) is 0 Å². The molecule has 1 saturated carbocycles. The molecular weight excluding hydrogens is 526 g/mol. The fraction of sp³-hybridized carbons (Fsp3) is 0.370. The highest BCUT2D eigenvalue weighted by Crippen LogP contribution is 2.43. The Balaban J connectivity index is 1.40. The Kier molecular flexibility index (Phi) is 6.71. The van der Waals surface area contributed by atoms with Crippen molar-refractivity contribution in [1.82, 2.24) is 19.7 Å². The molecule has 2 atom stereocenters. The van der Waals surface area contributed by atoms with E-state index in [-0.39, 0.29) is 16.1 Å². The zero-order chi connectivity index (χ0) is 26.4. The highest BCUT2D eigenvalue weighted by molar-refractivity contribution is 7.79. The van der Waals surface area contributed by atoms with E-state index < -0.39 is 11.1 Å². The summed E-state index contributed by atoms with van der Waals surface area (Å²) >= 11 is 3.68. The van der Waals surface area contributed by atoms with Gasteiger partial charge in [-0.05, 0) is 78.1 Å². The molecular formula is C27H27ClN5O4S-. The number of hydrogen-bond acceptors (Lipinski definition) is 8. The zero-order valence-electron chi connectivity index (χ0n) is 21.1. The third-order valence-corrected chi connectivity index (χ3v) is 8.41. The first-order valence-corrected chi connectivity index (χ1v) is 14.0. The number of rotatable bonds is 9. The van der Waals surface area contributed by atoms with Gasteiger partial charge in [-0.15, -0.1) is 10.2 Å². The molecule has 0 N–H and O–H groups in total. The van der Waals surface area contributed by atoms with Crippen molar-refractivity contribution in [2.45, 2.75) is 43.2 Å². The smallest absolute Gasteiger partial charge is 0.227 e. The van der Waals surface area contributed by atoms with Gasteiger partial charge in [0.25, 0.3) is 0 Å². The molecule has 0 bridgehead atoms. The van der Waals surface area contributed by atoms with Crippen molar-refractivity contribution in [3.05, 3.63) is 64.7 Å². The first kappa shape index (κ1) is 25.1. The summed E-state index contributed by atoms with van der Waals surface area (Å²) in [6, 6.07) is 9.13. The van der Waals surface area contributed by atoms with Crippen molar-refractivity contribution >= 4 is 39.4 Å². The molecule has 0 aliphatic heterocycles. The SMILES string of the molecule is COc1ccc(CN(CC2CC2)c2nncn2C2CCc3c2cc(S(=O)[O-])c2cc(Cl)ncc32)c(OC)c1. The topological polar surface area (TPSA) is 105 Å². The maximum absolute atomic E-state index is 12.2. The van der Waals surface area contributed by atoms with E-state index in [1.165, 1.54) is 12.8 Å². The predicted molar refractivity (Wildman–Crippen MR) is 144 cm³/mol. The van der Waals surface area contributed by atoms with Gasteiger partial charge in [0.1, 0.15) is 23.0 Å². The van der Waals surface area contributed by atoms with Crippen LogP contribution in [0.3, 0.4) is 0 Å². The molecule has 2 aromatic carbocycles. The van der Waals surface area contributed by atoms with Crippen molar-refractivity contribution in [3.8, 4) is 11.5 Å². The summed E-state index contributed by atoms with van der Waals surface area (Å²) in [5.41, 5.74) is 3.07. The van der Waals surface area contributed by atoms with Gasteiger partial charge in [-0.2, -0.15) is 0 Å². The summed E-state index contributed by atoms with van der Waals surface area (Å²) < 4.78 is 37.5. The molecule has 0 amide bonds. The van der Waals surface area contributed by atoms with Crippen LogP contribution in [-0.2, 0) is 24.0 Å². The summed E-state index contributed by atoms with van der Waals surface area (Å²) in [5.74, 6) is 2.85. The molecule has 4 aromatic rings. The van der Waals surface area contributed by atoms with E-state index in [2.05, 4.69) is 24.6 Å². The van der Waals surface area contributed by atoms with Crippen molar-refractivity contribution in [1.29, 1.82) is 0 Å². The van der Waals surface area contributed by atoms with E-state index in [1.54, 1.807) is 38.9 Å². The van der Waals surface area contributed by atoms with Gasteiger partial charge < -0.3 is 18.9 Å². The molecule has 0 spiro atoms. The van der Waals surface area contributed by atoms with Crippen LogP contribution in [0.5, 0.6) is 11.5 Å². The normalized spacial score (nSPS) is 17.4. The van der Waals surface area contributed by atoms with Crippen LogP contribution >= 0.6 is 11.6 Å². The van der Waals surface area contributed by atoms with Gasteiger partial charge in [-0.25, -0.2) is 4.98 Å². The van der Waals surface area contributed by atoms with Gasteiger partial charge >= 0.3 is 0 Å². The number of aryl methyl sites for hydroxylation is 1. The Morgan fingerprint density at radius 3 is 2.74 bits per heavy atom. The van der Waals surface area contributed by atoms with Gasteiger partial charge in [-0.3, -0.25) is 8.78 Å². The Hall–Kier alpha value is -3.21. The molecule has 198 valence electrons. The van der Waals surface area contributed by atoms with E-state index in [4.69, 9.17) is 21.1 Å². The van der Waals surface area contributed by atoms with E-state index in [0.29, 0.717) is 17.8 Å². The van der Waals surface area contributed by atoms with E-state index >= 15 is 0 Å². The number of hydrogen-bond donors (Lipinski definition) is 0. The number of anilines is 1. The monoisotopic (exact) mass is 552 g/mol. The average Bonchev–Trinajstić information content (AvgIpc) is 3.43. The number of pyridine rings is 1.